The molecule has 0 amide bonds. The lowest BCUT2D eigenvalue weighted by Gasteiger charge is -2.46. The summed E-state index contributed by atoms with van der Waals surface area (Å²) in [5.41, 5.74) is 0. The molecule has 0 N–H and O–H groups in total. The molecule has 4 aliphatic rings. The molecule has 188 valence electrons. The van der Waals surface area contributed by atoms with Crippen molar-refractivity contribution >= 4 is 23.7 Å². The van der Waals surface area contributed by atoms with Crippen LogP contribution in [0.5, 0.6) is 0 Å². The molecule has 6 atom stereocenters. The van der Waals surface area contributed by atoms with Crippen LogP contribution in [0.1, 0.15) is 60.3 Å². The second kappa shape index (κ2) is 13.0. The molecule has 6 unspecified atom stereocenters. The van der Waals surface area contributed by atoms with Crippen molar-refractivity contribution in [1.82, 2.24) is 9.80 Å². The van der Waals surface area contributed by atoms with Gasteiger partial charge in [-0.15, -0.1) is 0 Å². The number of nitrogens with zero attached hydrogens (tertiary/aromatic N) is 2. The predicted molar refractivity (Wildman–Crippen MR) is 121 cm³/mol. The van der Waals surface area contributed by atoms with E-state index in [1.165, 1.54) is 0 Å². The van der Waals surface area contributed by atoms with Crippen molar-refractivity contribution in [3.63, 3.8) is 0 Å². The van der Waals surface area contributed by atoms with Gasteiger partial charge in [0.15, 0.2) is 11.8 Å². The average Bonchev–Trinajstić information content (AvgIpc) is 2.77. The summed E-state index contributed by atoms with van der Waals surface area (Å²) < 4.78 is 14.9. The van der Waals surface area contributed by atoms with Crippen LogP contribution < -0.4 is 0 Å². The Morgan fingerprint density at radius 1 is 0.848 bits per heavy atom. The maximum absolute atomic E-state index is 11.9. The number of ketones is 1. The quantitative estimate of drug-likeness (QED) is 0.314. The molecule has 4 saturated heterocycles. The number of hydrogen-bond acceptors (Lipinski definition) is 9. The van der Waals surface area contributed by atoms with E-state index in [1.54, 1.807) is 13.8 Å². The van der Waals surface area contributed by atoms with Crippen molar-refractivity contribution < 1.29 is 33.4 Å². The van der Waals surface area contributed by atoms with Gasteiger partial charge in [-0.05, 0) is 66.8 Å². The van der Waals surface area contributed by atoms with E-state index in [2.05, 4.69) is 11.8 Å². The number of carbonyl (C=O) groups excluding carboxylic acids is 4. The van der Waals surface area contributed by atoms with E-state index in [9.17, 15) is 19.2 Å². The van der Waals surface area contributed by atoms with Crippen LogP contribution in [0.4, 0.5) is 0 Å². The molecule has 4 rings (SSSR count). The lowest BCUT2D eigenvalue weighted by atomic mass is 9.78. The van der Waals surface area contributed by atoms with E-state index in [4.69, 9.17) is 14.2 Å². The van der Waals surface area contributed by atoms with E-state index in [0.717, 1.165) is 38.8 Å². The summed E-state index contributed by atoms with van der Waals surface area (Å²) >= 11 is 0. The second-order valence-corrected chi connectivity index (χ2v) is 8.96. The number of fused-ring (bicyclic) bond motifs is 3. The third-order valence-corrected chi connectivity index (χ3v) is 6.71. The SMILES string of the molecule is CCOC(=O)C1C(=O)C2CCN1C(C)C2.CCOC(=O)CN1CCC(C(=O)OCC)CC1C. The minimum atomic E-state index is -0.618. The van der Waals surface area contributed by atoms with Gasteiger partial charge < -0.3 is 14.2 Å². The number of hydrogen-bond donors (Lipinski definition) is 0. The topological polar surface area (TPSA) is 102 Å². The van der Waals surface area contributed by atoms with Gasteiger partial charge in [0.2, 0.25) is 0 Å². The Hall–Kier alpha value is -2.00. The third-order valence-electron chi connectivity index (χ3n) is 6.71. The normalized spacial score (nSPS) is 31.2. The standard InChI is InChI=1S/C13H23NO4.C11H17NO3/c1-4-17-12(15)9-14-7-6-11(8-10(14)3)13(16)18-5-2;1-3-15-11(14)9-10(13)8-4-5-12(9)7(2)6-8/h10-11H,4-9H2,1-3H3;7-9H,3-6H2,1-2H3. The summed E-state index contributed by atoms with van der Waals surface area (Å²) in [4.78, 5) is 50.7. The molecule has 4 heterocycles. The van der Waals surface area contributed by atoms with Crippen LogP contribution in [0.25, 0.3) is 0 Å². The Morgan fingerprint density at radius 3 is 2.06 bits per heavy atom. The minimum absolute atomic E-state index is 0.0293. The Kier molecular flexibility index (Phi) is 10.8. The Bertz CT molecular complexity index is 698. The molecule has 2 bridgehead atoms. The second-order valence-electron chi connectivity index (χ2n) is 8.96. The van der Waals surface area contributed by atoms with Crippen LogP contribution in [0.3, 0.4) is 0 Å². The van der Waals surface area contributed by atoms with Crippen molar-refractivity contribution in [2.75, 3.05) is 39.5 Å². The molecule has 0 saturated carbocycles. The number of esters is 3. The fourth-order valence-corrected chi connectivity index (χ4v) is 4.99. The lowest BCUT2D eigenvalue weighted by Crippen LogP contribution is -2.62. The van der Waals surface area contributed by atoms with Gasteiger partial charge in [-0.3, -0.25) is 24.2 Å². The summed E-state index contributed by atoms with van der Waals surface area (Å²) in [5, 5.41) is 0. The van der Waals surface area contributed by atoms with Gasteiger partial charge in [0, 0.05) is 24.5 Å². The highest BCUT2D eigenvalue weighted by Gasteiger charge is 2.48. The van der Waals surface area contributed by atoms with Crippen molar-refractivity contribution in [2.24, 2.45) is 11.8 Å². The zero-order valence-electron chi connectivity index (χ0n) is 20.7. The van der Waals surface area contributed by atoms with Crippen LogP contribution in [-0.4, -0.2) is 91.1 Å². The molecule has 0 spiro atoms. The van der Waals surface area contributed by atoms with Crippen LogP contribution in [0.15, 0.2) is 0 Å². The first-order valence-electron chi connectivity index (χ1n) is 12.3. The Morgan fingerprint density at radius 2 is 1.48 bits per heavy atom. The summed E-state index contributed by atoms with van der Waals surface area (Å²) in [6, 6.07) is -0.0825. The zero-order chi connectivity index (χ0) is 24.5. The van der Waals surface area contributed by atoms with Crippen LogP contribution in [0, 0.1) is 11.8 Å². The first-order valence-corrected chi connectivity index (χ1v) is 12.3. The average molecular weight is 469 g/mol. The summed E-state index contributed by atoms with van der Waals surface area (Å²) in [6.07, 6.45) is 3.30. The Labute approximate surface area is 197 Å². The number of rotatable bonds is 7. The first kappa shape index (κ1) is 27.2. The molecular formula is C24H40N2O7. The molecule has 0 aromatic carbocycles. The van der Waals surface area contributed by atoms with E-state index in [0.29, 0.717) is 32.4 Å². The number of Topliss-reactive ketones (excluding diaryl/α,β-unsaturated/α-hetero) is 1. The van der Waals surface area contributed by atoms with Gasteiger partial charge in [0.1, 0.15) is 0 Å². The molecular weight excluding hydrogens is 428 g/mol. The van der Waals surface area contributed by atoms with E-state index in [-0.39, 0.29) is 41.6 Å². The smallest absolute Gasteiger partial charge is 0.331 e. The number of ether oxygens (including phenoxy) is 3. The number of carbonyl (C=O) groups is 4. The summed E-state index contributed by atoms with van der Waals surface area (Å²) in [6.45, 7) is 12.6. The van der Waals surface area contributed by atoms with Gasteiger partial charge in [0.25, 0.3) is 0 Å². The highest BCUT2D eigenvalue weighted by atomic mass is 16.5. The number of piperidine rings is 4. The molecule has 0 aromatic rings. The highest BCUT2D eigenvalue weighted by molar-refractivity contribution is 6.05. The van der Waals surface area contributed by atoms with Gasteiger partial charge in [-0.25, -0.2) is 4.79 Å². The van der Waals surface area contributed by atoms with Crippen LogP contribution >= 0.6 is 0 Å². The molecule has 0 radical (unpaired) electrons. The summed E-state index contributed by atoms with van der Waals surface area (Å²) in [7, 11) is 0. The van der Waals surface area contributed by atoms with Crippen molar-refractivity contribution in [1.29, 1.82) is 0 Å². The van der Waals surface area contributed by atoms with E-state index in [1.807, 2.05) is 18.7 Å². The molecule has 0 aliphatic carbocycles. The fraction of sp³-hybridized carbons (Fsp3) is 0.833. The third kappa shape index (κ3) is 7.24. The zero-order valence-corrected chi connectivity index (χ0v) is 20.7. The monoisotopic (exact) mass is 468 g/mol. The fourth-order valence-electron chi connectivity index (χ4n) is 4.99. The van der Waals surface area contributed by atoms with Crippen molar-refractivity contribution in [3.05, 3.63) is 0 Å². The number of likely N-dealkylation sites (tertiary alicyclic amines) is 1. The van der Waals surface area contributed by atoms with Gasteiger partial charge >= 0.3 is 17.9 Å². The predicted octanol–water partition coefficient (Wildman–Crippen LogP) is 1.81. The largest absolute Gasteiger partial charge is 0.466 e. The first-order chi connectivity index (χ1) is 15.7. The summed E-state index contributed by atoms with van der Waals surface area (Å²) in [5.74, 6) is -0.548. The molecule has 33 heavy (non-hydrogen) atoms. The molecule has 4 aliphatic heterocycles. The molecule has 4 fully saturated rings. The van der Waals surface area contributed by atoms with E-state index < -0.39 is 6.04 Å². The molecule has 9 heteroatoms. The van der Waals surface area contributed by atoms with Crippen molar-refractivity contribution in [3.8, 4) is 0 Å². The van der Waals surface area contributed by atoms with Crippen LogP contribution in [0.2, 0.25) is 0 Å². The van der Waals surface area contributed by atoms with Gasteiger partial charge in [-0.2, -0.15) is 0 Å². The van der Waals surface area contributed by atoms with Gasteiger partial charge in [0.05, 0.1) is 32.3 Å². The Balaban J connectivity index is 0.000000237. The van der Waals surface area contributed by atoms with E-state index >= 15 is 0 Å². The maximum Gasteiger partial charge on any atom is 0.331 e. The minimum Gasteiger partial charge on any atom is -0.466 e. The molecule has 0 aromatic heterocycles. The molecule has 9 nitrogen and oxygen atoms in total. The maximum atomic E-state index is 11.9. The van der Waals surface area contributed by atoms with Crippen LogP contribution in [-0.2, 0) is 33.4 Å². The highest BCUT2D eigenvalue weighted by Crippen LogP contribution is 2.33. The van der Waals surface area contributed by atoms with Gasteiger partial charge in [-0.1, -0.05) is 0 Å². The van der Waals surface area contributed by atoms with Crippen molar-refractivity contribution in [2.45, 2.75) is 78.4 Å². The lowest BCUT2D eigenvalue weighted by molar-refractivity contribution is -0.163.